The lowest BCUT2D eigenvalue weighted by Gasteiger charge is -2.10. The van der Waals surface area contributed by atoms with E-state index in [1.165, 1.54) is 0 Å². The van der Waals surface area contributed by atoms with E-state index in [4.69, 9.17) is 0 Å². The van der Waals surface area contributed by atoms with Gasteiger partial charge >= 0.3 is 0 Å². The number of carbonyl (C=O) groups excluding carboxylic acids is 1. The Hall–Kier alpha value is -2.69. The summed E-state index contributed by atoms with van der Waals surface area (Å²) in [6, 6.07) is 11.3. The van der Waals surface area contributed by atoms with Gasteiger partial charge < -0.3 is 5.32 Å². The van der Waals surface area contributed by atoms with E-state index in [-0.39, 0.29) is 11.9 Å². The van der Waals surface area contributed by atoms with Crippen LogP contribution in [0.5, 0.6) is 0 Å². The van der Waals surface area contributed by atoms with E-state index in [0.717, 1.165) is 16.9 Å². The van der Waals surface area contributed by atoms with Gasteiger partial charge in [-0.1, -0.05) is 6.07 Å². The summed E-state index contributed by atoms with van der Waals surface area (Å²) in [5, 5.41) is 2.89. The number of benzene rings is 1. The summed E-state index contributed by atoms with van der Waals surface area (Å²) in [6.07, 6.45) is 3.45. The lowest BCUT2D eigenvalue weighted by Crippen LogP contribution is -2.30. The fraction of sp³-hybridized carbons (Fsp3) is 0.188. The Morgan fingerprint density at radius 2 is 2.05 bits per heavy atom. The molecule has 3 aromatic rings. The van der Waals surface area contributed by atoms with Crippen molar-refractivity contribution < 1.29 is 4.79 Å². The molecule has 0 aliphatic heterocycles. The number of nitrogens with one attached hydrogen (secondary N) is 1. The maximum atomic E-state index is 12.1. The van der Waals surface area contributed by atoms with Crippen molar-refractivity contribution in [2.24, 2.45) is 0 Å². The largest absolute Gasteiger partial charge is 0.350 e. The van der Waals surface area contributed by atoms with Crippen LogP contribution in [0.15, 0.2) is 48.9 Å². The third kappa shape index (κ3) is 2.63. The van der Waals surface area contributed by atoms with Crippen molar-refractivity contribution in [1.82, 2.24) is 19.9 Å². The molecule has 5 heteroatoms. The summed E-state index contributed by atoms with van der Waals surface area (Å²) < 4.78 is 1.88. The number of rotatable bonds is 3. The summed E-state index contributed by atoms with van der Waals surface area (Å²) in [4.78, 5) is 20.7. The number of nitrogens with zero attached hydrogens (tertiary/aromatic N) is 3. The molecular formula is C16H16N4O. The van der Waals surface area contributed by atoms with Crippen molar-refractivity contribution in [1.29, 1.82) is 0 Å². The Labute approximate surface area is 122 Å². The fourth-order valence-corrected chi connectivity index (χ4v) is 2.18. The van der Waals surface area contributed by atoms with Crippen LogP contribution < -0.4 is 5.32 Å². The van der Waals surface area contributed by atoms with Gasteiger partial charge in [-0.2, -0.15) is 0 Å². The van der Waals surface area contributed by atoms with E-state index >= 15 is 0 Å². The van der Waals surface area contributed by atoms with Gasteiger partial charge in [-0.3, -0.25) is 9.36 Å². The molecule has 5 nitrogen and oxygen atoms in total. The summed E-state index contributed by atoms with van der Waals surface area (Å²) >= 11 is 0. The molecule has 0 unspecified atom stereocenters. The van der Waals surface area contributed by atoms with Gasteiger partial charge in [-0.05, 0) is 44.2 Å². The van der Waals surface area contributed by atoms with Gasteiger partial charge in [0.1, 0.15) is 11.8 Å². The van der Waals surface area contributed by atoms with Crippen LogP contribution in [0.3, 0.4) is 0 Å². The average molecular weight is 280 g/mol. The highest BCUT2D eigenvalue weighted by Crippen LogP contribution is 2.17. The molecule has 0 aliphatic rings. The number of amides is 1. The van der Waals surface area contributed by atoms with Crippen LogP contribution in [0, 0.1) is 0 Å². The molecule has 3 rings (SSSR count). The topological polar surface area (TPSA) is 59.8 Å². The molecule has 106 valence electrons. The Kier molecular flexibility index (Phi) is 3.39. The second kappa shape index (κ2) is 5.36. The second-order valence-corrected chi connectivity index (χ2v) is 5.14. The van der Waals surface area contributed by atoms with Crippen molar-refractivity contribution >= 4 is 17.1 Å². The molecule has 1 amide bonds. The van der Waals surface area contributed by atoms with E-state index in [0.29, 0.717) is 5.56 Å². The maximum Gasteiger partial charge on any atom is 0.251 e. The molecular weight excluding hydrogens is 264 g/mol. The minimum Gasteiger partial charge on any atom is -0.350 e. The average Bonchev–Trinajstić information content (AvgIpc) is 2.90. The standard InChI is InChI=1S/C16H16N4O/c1-11(2)19-16(21)12-5-3-6-13(9-12)20-10-18-14-7-4-8-17-15(14)20/h3-11H,1-2H3,(H,19,21). The highest BCUT2D eigenvalue weighted by Gasteiger charge is 2.10. The van der Waals surface area contributed by atoms with Gasteiger partial charge in [0.25, 0.3) is 5.91 Å². The molecule has 21 heavy (non-hydrogen) atoms. The quantitative estimate of drug-likeness (QED) is 0.802. The maximum absolute atomic E-state index is 12.1. The molecule has 0 radical (unpaired) electrons. The van der Waals surface area contributed by atoms with Gasteiger partial charge in [0.15, 0.2) is 5.65 Å². The minimum atomic E-state index is -0.0794. The van der Waals surface area contributed by atoms with Crippen molar-refractivity contribution in [3.8, 4) is 5.69 Å². The summed E-state index contributed by atoms with van der Waals surface area (Å²) in [5.41, 5.74) is 3.10. The molecule has 1 aromatic carbocycles. The lowest BCUT2D eigenvalue weighted by molar-refractivity contribution is 0.0943. The number of hydrogen-bond acceptors (Lipinski definition) is 3. The highest BCUT2D eigenvalue weighted by molar-refractivity contribution is 5.95. The van der Waals surface area contributed by atoms with Crippen LogP contribution in [0.25, 0.3) is 16.9 Å². The fourth-order valence-electron chi connectivity index (χ4n) is 2.18. The van der Waals surface area contributed by atoms with Crippen LogP contribution in [-0.4, -0.2) is 26.5 Å². The van der Waals surface area contributed by atoms with Crippen LogP contribution in [0.1, 0.15) is 24.2 Å². The first-order valence-corrected chi connectivity index (χ1v) is 6.84. The molecule has 2 aromatic heterocycles. The highest BCUT2D eigenvalue weighted by atomic mass is 16.1. The zero-order valence-corrected chi connectivity index (χ0v) is 11.9. The molecule has 0 bridgehead atoms. The van der Waals surface area contributed by atoms with Gasteiger partial charge in [0.05, 0.1) is 0 Å². The number of carbonyl (C=O) groups is 1. The molecule has 1 N–H and O–H groups in total. The second-order valence-electron chi connectivity index (χ2n) is 5.14. The van der Waals surface area contributed by atoms with E-state index in [9.17, 15) is 4.79 Å². The Balaban J connectivity index is 2.02. The lowest BCUT2D eigenvalue weighted by atomic mass is 10.1. The number of aromatic nitrogens is 3. The first-order valence-electron chi connectivity index (χ1n) is 6.84. The van der Waals surface area contributed by atoms with Crippen molar-refractivity contribution in [2.75, 3.05) is 0 Å². The van der Waals surface area contributed by atoms with E-state index in [1.54, 1.807) is 18.6 Å². The van der Waals surface area contributed by atoms with Gasteiger partial charge in [-0.25, -0.2) is 9.97 Å². The first-order chi connectivity index (χ1) is 10.1. The Bertz CT molecular complexity index is 792. The normalized spacial score (nSPS) is 11.0. The predicted octanol–water partition coefficient (Wildman–Crippen LogP) is 2.56. The minimum absolute atomic E-state index is 0.0794. The molecule has 0 saturated carbocycles. The molecule has 2 heterocycles. The number of fused-ring (bicyclic) bond motifs is 1. The number of hydrogen-bond donors (Lipinski definition) is 1. The van der Waals surface area contributed by atoms with Crippen LogP contribution in [-0.2, 0) is 0 Å². The third-order valence-electron chi connectivity index (χ3n) is 3.11. The predicted molar refractivity (Wildman–Crippen MR) is 81.5 cm³/mol. The first kappa shape index (κ1) is 13.3. The van der Waals surface area contributed by atoms with Crippen molar-refractivity contribution in [3.63, 3.8) is 0 Å². The molecule has 0 spiro atoms. The number of imidazole rings is 1. The van der Waals surface area contributed by atoms with E-state index < -0.39 is 0 Å². The van der Waals surface area contributed by atoms with Gasteiger partial charge in [-0.15, -0.1) is 0 Å². The Morgan fingerprint density at radius 3 is 2.86 bits per heavy atom. The molecule has 0 fully saturated rings. The van der Waals surface area contributed by atoms with Gasteiger partial charge in [0, 0.05) is 23.5 Å². The zero-order valence-electron chi connectivity index (χ0n) is 11.9. The van der Waals surface area contributed by atoms with Crippen molar-refractivity contribution in [3.05, 3.63) is 54.5 Å². The smallest absolute Gasteiger partial charge is 0.251 e. The van der Waals surface area contributed by atoms with Gasteiger partial charge in [0.2, 0.25) is 0 Å². The summed E-state index contributed by atoms with van der Waals surface area (Å²) in [7, 11) is 0. The zero-order chi connectivity index (χ0) is 14.8. The number of pyridine rings is 1. The van der Waals surface area contributed by atoms with E-state index in [1.807, 2.05) is 48.7 Å². The van der Waals surface area contributed by atoms with Crippen LogP contribution >= 0.6 is 0 Å². The molecule has 0 aliphatic carbocycles. The third-order valence-corrected chi connectivity index (χ3v) is 3.11. The van der Waals surface area contributed by atoms with E-state index in [2.05, 4.69) is 15.3 Å². The molecule has 0 saturated heterocycles. The van der Waals surface area contributed by atoms with Crippen LogP contribution in [0.2, 0.25) is 0 Å². The SMILES string of the molecule is CC(C)NC(=O)c1cccc(-n2cnc3cccnc32)c1. The summed E-state index contributed by atoms with van der Waals surface area (Å²) in [5.74, 6) is -0.0794. The summed E-state index contributed by atoms with van der Waals surface area (Å²) in [6.45, 7) is 3.88. The Morgan fingerprint density at radius 1 is 1.19 bits per heavy atom. The monoisotopic (exact) mass is 280 g/mol. The van der Waals surface area contributed by atoms with Crippen LogP contribution in [0.4, 0.5) is 0 Å². The molecule has 0 atom stereocenters. The van der Waals surface area contributed by atoms with Crippen molar-refractivity contribution in [2.45, 2.75) is 19.9 Å².